The van der Waals surface area contributed by atoms with E-state index >= 15 is 0 Å². The second-order valence-electron chi connectivity index (χ2n) is 6.36. The third-order valence-corrected chi connectivity index (χ3v) is 2.75. The molecule has 0 spiro atoms. The van der Waals surface area contributed by atoms with Crippen LogP contribution in [0.25, 0.3) is 0 Å². The van der Waals surface area contributed by atoms with E-state index in [4.69, 9.17) is 15.2 Å². The summed E-state index contributed by atoms with van der Waals surface area (Å²) in [7, 11) is 0. The molecule has 0 radical (unpaired) electrons. The molecule has 0 fully saturated rings. The van der Waals surface area contributed by atoms with Crippen molar-refractivity contribution in [2.75, 3.05) is 19.8 Å². The van der Waals surface area contributed by atoms with Gasteiger partial charge in [-0.2, -0.15) is 0 Å². The minimum atomic E-state index is -0.122. The quantitative estimate of drug-likeness (QED) is 0.679. The van der Waals surface area contributed by atoms with Crippen LogP contribution in [0.15, 0.2) is 0 Å². The van der Waals surface area contributed by atoms with Crippen molar-refractivity contribution in [2.45, 2.75) is 65.6 Å². The van der Waals surface area contributed by atoms with E-state index in [2.05, 4.69) is 41.5 Å². The van der Waals surface area contributed by atoms with Crippen LogP contribution >= 0.6 is 0 Å². The first kappa shape index (κ1) is 16.9. The van der Waals surface area contributed by atoms with Crippen molar-refractivity contribution in [1.82, 2.24) is 0 Å². The standard InChI is InChI=1S/C14H31NO2/c1-12(2)11-17-14(5,6)8-10-16-13(3,4)7-9-15/h12H,7-11,15H2,1-6H3. The first-order valence-electron chi connectivity index (χ1n) is 6.66. The Hall–Kier alpha value is -0.120. The zero-order valence-electron chi connectivity index (χ0n) is 12.5. The van der Waals surface area contributed by atoms with Gasteiger partial charge in [0.15, 0.2) is 0 Å². The van der Waals surface area contributed by atoms with E-state index in [9.17, 15) is 0 Å². The molecule has 3 nitrogen and oxygen atoms in total. The summed E-state index contributed by atoms with van der Waals surface area (Å²) >= 11 is 0. The van der Waals surface area contributed by atoms with E-state index in [0.29, 0.717) is 12.5 Å². The summed E-state index contributed by atoms with van der Waals surface area (Å²) in [5.41, 5.74) is 5.32. The lowest BCUT2D eigenvalue weighted by Crippen LogP contribution is -2.32. The Balaban J connectivity index is 3.85. The van der Waals surface area contributed by atoms with Crippen LogP contribution in [0, 0.1) is 5.92 Å². The van der Waals surface area contributed by atoms with Crippen molar-refractivity contribution < 1.29 is 9.47 Å². The maximum atomic E-state index is 5.86. The Bertz CT molecular complexity index is 200. The second-order valence-corrected chi connectivity index (χ2v) is 6.36. The highest BCUT2D eigenvalue weighted by Gasteiger charge is 2.22. The molecule has 0 atom stereocenters. The van der Waals surface area contributed by atoms with Crippen molar-refractivity contribution in [3.63, 3.8) is 0 Å². The van der Waals surface area contributed by atoms with E-state index in [1.807, 2.05) is 0 Å². The van der Waals surface area contributed by atoms with Crippen molar-refractivity contribution in [3.8, 4) is 0 Å². The van der Waals surface area contributed by atoms with E-state index in [1.54, 1.807) is 0 Å². The van der Waals surface area contributed by atoms with Crippen LogP contribution in [-0.2, 0) is 9.47 Å². The number of hydrogen-bond donors (Lipinski definition) is 1. The van der Waals surface area contributed by atoms with Gasteiger partial charge < -0.3 is 15.2 Å². The topological polar surface area (TPSA) is 44.5 Å². The Labute approximate surface area is 107 Å². The molecule has 0 amide bonds. The van der Waals surface area contributed by atoms with Gasteiger partial charge in [-0.05, 0) is 53.0 Å². The van der Waals surface area contributed by atoms with Gasteiger partial charge in [0.1, 0.15) is 0 Å². The Morgan fingerprint density at radius 2 is 1.47 bits per heavy atom. The summed E-state index contributed by atoms with van der Waals surface area (Å²) in [5.74, 6) is 0.573. The van der Waals surface area contributed by atoms with Gasteiger partial charge in [0, 0.05) is 6.61 Å². The monoisotopic (exact) mass is 245 g/mol. The summed E-state index contributed by atoms with van der Waals surface area (Å²) in [6.45, 7) is 14.9. The molecular weight excluding hydrogens is 214 g/mol. The Morgan fingerprint density at radius 3 is 1.94 bits per heavy atom. The molecule has 0 aromatic rings. The minimum absolute atomic E-state index is 0.108. The molecular formula is C14H31NO2. The maximum absolute atomic E-state index is 5.86. The third kappa shape index (κ3) is 9.57. The van der Waals surface area contributed by atoms with Crippen molar-refractivity contribution >= 4 is 0 Å². The first-order chi connectivity index (χ1) is 7.68. The summed E-state index contributed by atoms with van der Waals surface area (Å²) in [4.78, 5) is 0. The van der Waals surface area contributed by atoms with E-state index < -0.39 is 0 Å². The second kappa shape index (κ2) is 7.34. The van der Waals surface area contributed by atoms with Crippen LogP contribution in [0.1, 0.15) is 54.4 Å². The van der Waals surface area contributed by atoms with Crippen LogP contribution in [-0.4, -0.2) is 31.0 Å². The van der Waals surface area contributed by atoms with Gasteiger partial charge in [-0.25, -0.2) is 0 Å². The molecule has 17 heavy (non-hydrogen) atoms. The molecule has 0 aliphatic carbocycles. The highest BCUT2D eigenvalue weighted by Crippen LogP contribution is 2.19. The van der Waals surface area contributed by atoms with Gasteiger partial charge in [0.25, 0.3) is 0 Å². The lowest BCUT2D eigenvalue weighted by Gasteiger charge is -2.30. The van der Waals surface area contributed by atoms with Crippen LogP contribution in [0.4, 0.5) is 0 Å². The Kier molecular flexibility index (Phi) is 7.29. The van der Waals surface area contributed by atoms with Gasteiger partial charge >= 0.3 is 0 Å². The summed E-state index contributed by atoms with van der Waals surface area (Å²) in [6, 6.07) is 0. The molecule has 0 bridgehead atoms. The fourth-order valence-electron chi connectivity index (χ4n) is 1.46. The number of hydrogen-bond acceptors (Lipinski definition) is 3. The molecule has 0 aliphatic heterocycles. The smallest absolute Gasteiger partial charge is 0.0648 e. The highest BCUT2D eigenvalue weighted by molar-refractivity contribution is 4.72. The number of rotatable bonds is 9. The molecule has 0 rings (SSSR count). The molecule has 0 heterocycles. The molecule has 0 saturated carbocycles. The molecule has 104 valence electrons. The van der Waals surface area contributed by atoms with Crippen molar-refractivity contribution in [2.24, 2.45) is 11.7 Å². The van der Waals surface area contributed by atoms with Crippen LogP contribution in [0.5, 0.6) is 0 Å². The fourth-order valence-corrected chi connectivity index (χ4v) is 1.46. The van der Waals surface area contributed by atoms with E-state index in [0.717, 1.165) is 26.1 Å². The summed E-state index contributed by atoms with van der Waals surface area (Å²) in [5, 5.41) is 0. The molecule has 0 aromatic carbocycles. The normalized spacial score (nSPS) is 13.4. The summed E-state index contributed by atoms with van der Waals surface area (Å²) in [6.07, 6.45) is 1.80. The van der Waals surface area contributed by atoms with Crippen LogP contribution in [0.3, 0.4) is 0 Å². The predicted molar refractivity (Wildman–Crippen MR) is 73.2 cm³/mol. The maximum Gasteiger partial charge on any atom is 0.0648 e. The summed E-state index contributed by atoms with van der Waals surface area (Å²) < 4.78 is 11.7. The molecule has 3 heteroatoms. The number of ether oxygens (including phenoxy) is 2. The molecule has 0 aromatic heterocycles. The first-order valence-corrected chi connectivity index (χ1v) is 6.66. The average Bonchev–Trinajstić information content (AvgIpc) is 2.14. The van der Waals surface area contributed by atoms with Crippen molar-refractivity contribution in [1.29, 1.82) is 0 Å². The van der Waals surface area contributed by atoms with Gasteiger partial charge in [-0.3, -0.25) is 0 Å². The fraction of sp³-hybridized carbons (Fsp3) is 1.00. The van der Waals surface area contributed by atoms with Crippen molar-refractivity contribution in [3.05, 3.63) is 0 Å². The highest BCUT2D eigenvalue weighted by atomic mass is 16.5. The van der Waals surface area contributed by atoms with Gasteiger partial charge in [-0.15, -0.1) is 0 Å². The zero-order chi connectivity index (χ0) is 13.5. The lowest BCUT2D eigenvalue weighted by atomic mass is 10.0. The Morgan fingerprint density at radius 1 is 0.941 bits per heavy atom. The lowest BCUT2D eigenvalue weighted by molar-refractivity contribution is -0.0789. The van der Waals surface area contributed by atoms with Crippen LogP contribution < -0.4 is 5.73 Å². The van der Waals surface area contributed by atoms with Gasteiger partial charge in [-0.1, -0.05) is 13.8 Å². The average molecular weight is 245 g/mol. The zero-order valence-corrected chi connectivity index (χ0v) is 12.5. The molecule has 0 aliphatic rings. The molecule has 0 unspecified atom stereocenters. The third-order valence-electron chi connectivity index (χ3n) is 2.75. The molecule has 2 N–H and O–H groups in total. The molecule has 0 saturated heterocycles. The van der Waals surface area contributed by atoms with Gasteiger partial charge in [0.05, 0.1) is 17.8 Å². The van der Waals surface area contributed by atoms with Gasteiger partial charge in [0.2, 0.25) is 0 Å². The van der Waals surface area contributed by atoms with E-state index in [1.165, 1.54) is 0 Å². The predicted octanol–water partition coefficient (Wildman–Crippen LogP) is 2.97. The van der Waals surface area contributed by atoms with Crippen LogP contribution in [0.2, 0.25) is 0 Å². The SMILES string of the molecule is CC(C)COC(C)(C)CCOC(C)(C)CCN. The minimum Gasteiger partial charge on any atom is -0.375 e. The number of nitrogens with two attached hydrogens (primary N) is 1. The van der Waals surface area contributed by atoms with E-state index in [-0.39, 0.29) is 11.2 Å². The largest absolute Gasteiger partial charge is 0.375 e.